The third-order valence-corrected chi connectivity index (χ3v) is 2.65. The highest BCUT2D eigenvalue weighted by molar-refractivity contribution is 6.33. The lowest BCUT2D eigenvalue weighted by molar-refractivity contribution is -0.137. The van der Waals surface area contributed by atoms with E-state index in [1.165, 1.54) is 0 Å². The molecule has 3 nitrogen and oxygen atoms in total. The van der Waals surface area contributed by atoms with Gasteiger partial charge in [-0.05, 0) is 26.3 Å². The van der Waals surface area contributed by atoms with Crippen molar-refractivity contribution in [1.82, 2.24) is 4.98 Å². The standard InChI is InChI=1S/C11H14ClF3N2O/c1-10(2,3-4-18)17-9-8(12)5-7(6-16-9)11(13,14)15/h5-6,18H,3-4H2,1-2H3,(H,16,17). The van der Waals surface area contributed by atoms with Gasteiger partial charge in [-0.25, -0.2) is 4.98 Å². The van der Waals surface area contributed by atoms with Crippen molar-refractivity contribution < 1.29 is 18.3 Å². The van der Waals surface area contributed by atoms with E-state index in [1.807, 2.05) is 0 Å². The molecule has 0 fully saturated rings. The van der Waals surface area contributed by atoms with Gasteiger partial charge in [-0.3, -0.25) is 0 Å². The first-order chi connectivity index (χ1) is 8.15. The smallest absolute Gasteiger partial charge is 0.396 e. The summed E-state index contributed by atoms with van der Waals surface area (Å²) in [5, 5.41) is 11.7. The molecule has 7 heteroatoms. The Hall–Kier alpha value is -1.01. The van der Waals surface area contributed by atoms with Crippen molar-refractivity contribution in [2.45, 2.75) is 32.0 Å². The van der Waals surface area contributed by atoms with Crippen LogP contribution in [0.4, 0.5) is 19.0 Å². The summed E-state index contributed by atoms with van der Waals surface area (Å²) in [5.41, 5.74) is -1.40. The number of hydrogen-bond acceptors (Lipinski definition) is 3. The van der Waals surface area contributed by atoms with Crippen LogP contribution in [0.15, 0.2) is 12.3 Å². The van der Waals surface area contributed by atoms with Crippen LogP contribution in [0.3, 0.4) is 0 Å². The highest BCUT2D eigenvalue weighted by Gasteiger charge is 2.32. The van der Waals surface area contributed by atoms with E-state index in [1.54, 1.807) is 13.8 Å². The number of pyridine rings is 1. The lowest BCUT2D eigenvalue weighted by Crippen LogP contribution is -2.32. The fraction of sp³-hybridized carbons (Fsp3) is 0.545. The van der Waals surface area contributed by atoms with Gasteiger partial charge >= 0.3 is 6.18 Å². The number of nitrogens with zero attached hydrogens (tertiary/aromatic N) is 1. The van der Waals surface area contributed by atoms with E-state index < -0.39 is 17.3 Å². The SMILES string of the molecule is CC(C)(CCO)Nc1ncc(C(F)(F)F)cc1Cl. The number of hydrogen-bond donors (Lipinski definition) is 2. The second-order valence-corrected chi connectivity index (χ2v) is 4.94. The van der Waals surface area contributed by atoms with Crippen molar-refractivity contribution in [2.75, 3.05) is 11.9 Å². The van der Waals surface area contributed by atoms with Crippen LogP contribution >= 0.6 is 11.6 Å². The molecule has 1 aromatic rings. The minimum atomic E-state index is -4.46. The van der Waals surface area contributed by atoms with Crippen molar-refractivity contribution in [2.24, 2.45) is 0 Å². The third kappa shape index (κ3) is 4.03. The number of aromatic nitrogens is 1. The van der Waals surface area contributed by atoms with Gasteiger partial charge in [0.15, 0.2) is 0 Å². The van der Waals surface area contributed by atoms with Crippen molar-refractivity contribution in [3.63, 3.8) is 0 Å². The summed E-state index contributed by atoms with van der Waals surface area (Å²) in [6.07, 6.45) is -3.31. The summed E-state index contributed by atoms with van der Waals surface area (Å²) in [6.45, 7) is 3.54. The molecular formula is C11H14ClF3N2O. The number of alkyl halides is 3. The molecule has 18 heavy (non-hydrogen) atoms. The Bertz CT molecular complexity index is 421. The Kier molecular flexibility index (Phi) is 4.45. The molecule has 0 aliphatic rings. The van der Waals surface area contributed by atoms with E-state index in [2.05, 4.69) is 10.3 Å². The minimum absolute atomic E-state index is 0.0434. The van der Waals surface area contributed by atoms with Gasteiger partial charge in [-0.15, -0.1) is 0 Å². The number of nitrogens with one attached hydrogen (secondary N) is 1. The number of aliphatic hydroxyl groups is 1. The molecule has 0 atom stereocenters. The largest absolute Gasteiger partial charge is 0.417 e. The molecule has 0 bridgehead atoms. The van der Waals surface area contributed by atoms with E-state index in [-0.39, 0.29) is 17.4 Å². The van der Waals surface area contributed by atoms with Crippen LogP contribution in [0, 0.1) is 0 Å². The summed E-state index contributed by atoms with van der Waals surface area (Å²) in [4.78, 5) is 3.67. The molecular weight excluding hydrogens is 269 g/mol. The molecule has 0 saturated heterocycles. The molecule has 0 unspecified atom stereocenters. The lowest BCUT2D eigenvalue weighted by Gasteiger charge is -2.26. The maximum atomic E-state index is 12.4. The topological polar surface area (TPSA) is 45.1 Å². The molecule has 0 amide bonds. The highest BCUT2D eigenvalue weighted by atomic mass is 35.5. The third-order valence-electron chi connectivity index (χ3n) is 2.36. The van der Waals surface area contributed by atoms with E-state index in [4.69, 9.17) is 16.7 Å². The molecule has 2 N–H and O–H groups in total. The lowest BCUT2D eigenvalue weighted by atomic mass is 10.0. The van der Waals surface area contributed by atoms with E-state index in [0.717, 1.165) is 12.3 Å². The Balaban J connectivity index is 2.93. The van der Waals surface area contributed by atoms with Crippen molar-refractivity contribution >= 4 is 17.4 Å². The fourth-order valence-corrected chi connectivity index (χ4v) is 1.56. The molecule has 0 spiro atoms. The van der Waals surface area contributed by atoms with Crippen molar-refractivity contribution in [3.8, 4) is 0 Å². The molecule has 1 aromatic heterocycles. The Morgan fingerprint density at radius 2 is 2.00 bits per heavy atom. The summed E-state index contributed by atoms with van der Waals surface area (Å²) in [7, 11) is 0. The first-order valence-electron chi connectivity index (χ1n) is 5.27. The average Bonchev–Trinajstić information content (AvgIpc) is 2.19. The van der Waals surface area contributed by atoms with Crippen LogP contribution in [0.25, 0.3) is 0 Å². The molecule has 0 aromatic carbocycles. The Morgan fingerprint density at radius 1 is 1.39 bits per heavy atom. The Morgan fingerprint density at radius 3 is 2.44 bits per heavy atom. The van der Waals surface area contributed by atoms with Crippen LogP contribution in [0.5, 0.6) is 0 Å². The zero-order valence-electron chi connectivity index (χ0n) is 9.98. The van der Waals surface area contributed by atoms with Crippen LogP contribution in [0.1, 0.15) is 25.8 Å². The van der Waals surface area contributed by atoms with Gasteiger partial charge in [-0.2, -0.15) is 13.2 Å². The van der Waals surface area contributed by atoms with Gasteiger partial charge in [0.1, 0.15) is 5.82 Å². The molecule has 1 heterocycles. The van der Waals surface area contributed by atoms with Crippen LogP contribution < -0.4 is 5.32 Å². The number of halogens is 4. The van der Waals surface area contributed by atoms with E-state index in [9.17, 15) is 13.2 Å². The van der Waals surface area contributed by atoms with Crippen molar-refractivity contribution in [1.29, 1.82) is 0 Å². The molecule has 0 aliphatic carbocycles. The maximum Gasteiger partial charge on any atom is 0.417 e. The highest BCUT2D eigenvalue weighted by Crippen LogP contribution is 2.33. The number of aliphatic hydroxyl groups excluding tert-OH is 1. The molecule has 0 aliphatic heterocycles. The van der Waals surface area contributed by atoms with Gasteiger partial charge in [0.2, 0.25) is 0 Å². The van der Waals surface area contributed by atoms with Gasteiger partial charge in [0.05, 0.1) is 10.6 Å². The predicted molar refractivity (Wildman–Crippen MR) is 63.7 cm³/mol. The number of rotatable bonds is 4. The van der Waals surface area contributed by atoms with Crippen LogP contribution in [-0.2, 0) is 6.18 Å². The fourth-order valence-electron chi connectivity index (χ4n) is 1.35. The average molecular weight is 283 g/mol. The summed E-state index contributed by atoms with van der Waals surface area (Å²) < 4.78 is 37.2. The Labute approximate surface area is 108 Å². The van der Waals surface area contributed by atoms with Gasteiger partial charge in [-0.1, -0.05) is 11.6 Å². The van der Waals surface area contributed by atoms with Crippen molar-refractivity contribution in [3.05, 3.63) is 22.8 Å². The quantitative estimate of drug-likeness (QED) is 0.890. The zero-order valence-corrected chi connectivity index (χ0v) is 10.7. The van der Waals surface area contributed by atoms with Gasteiger partial charge < -0.3 is 10.4 Å². The zero-order chi connectivity index (χ0) is 14.0. The van der Waals surface area contributed by atoms with Gasteiger partial charge in [0.25, 0.3) is 0 Å². The second-order valence-electron chi connectivity index (χ2n) is 4.53. The van der Waals surface area contributed by atoms with Crippen LogP contribution in [0.2, 0.25) is 5.02 Å². The first kappa shape index (κ1) is 15.0. The molecule has 0 radical (unpaired) electrons. The monoisotopic (exact) mass is 282 g/mol. The second kappa shape index (κ2) is 5.32. The number of anilines is 1. The normalized spacial score (nSPS) is 12.6. The summed E-state index contributed by atoms with van der Waals surface area (Å²) in [6, 6.07) is 0.825. The molecule has 1 rings (SSSR count). The minimum Gasteiger partial charge on any atom is -0.396 e. The van der Waals surface area contributed by atoms with Gasteiger partial charge in [0, 0.05) is 18.3 Å². The maximum absolute atomic E-state index is 12.4. The molecule has 102 valence electrons. The summed E-state index contributed by atoms with van der Waals surface area (Å²) in [5.74, 6) is 0.170. The molecule has 0 saturated carbocycles. The van der Waals surface area contributed by atoms with E-state index in [0.29, 0.717) is 6.42 Å². The van der Waals surface area contributed by atoms with E-state index >= 15 is 0 Å². The summed E-state index contributed by atoms with van der Waals surface area (Å²) >= 11 is 5.75. The first-order valence-corrected chi connectivity index (χ1v) is 5.65. The predicted octanol–water partition coefficient (Wildman–Crippen LogP) is 3.33. The van der Waals surface area contributed by atoms with Crippen LogP contribution in [-0.4, -0.2) is 22.2 Å².